The maximum absolute atomic E-state index is 8.54. The summed E-state index contributed by atoms with van der Waals surface area (Å²) < 4.78 is 2.17. The van der Waals surface area contributed by atoms with E-state index in [2.05, 4.69) is 22.8 Å². The average molecular weight is 291 g/mol. The van der Waals surface area contributed by atoms with Gasteiger partial charge in [-0.1, -0.05) is 63.4 Å². The van der Waals surface area contributed by atoms with Gasteiger partial charge in [-0.05, 0) is 12.5 Å². The number of pyridine rings is 1. The molecule has 0 aliphatic heterocycles. The Kier molecular flexibility index (Phi) is 10.4. The second-order valence-electron chi connectivity index (χ2n) is 5.80. The molecule has 0 bridgehead atoms. The van der Waals surface area contributed by atoms with Crippen LogP contribution in [0.25, 0.3) is 0 Å². The van der Waals surface area contributed by atoms with E-state index in [-0.39, 0.29) is 0 Å². The molecule has 0 aliphatic carbocycles. The van der Waals surface area contributed by atoms with Gasteiger partial charge in [0.05, 0.1) is 11.8 Å². The summed E-state index contributed by atoms with van der Waals surface area (Å²) in [4.78, 5) is 0. The fourth-order valence-corrected chi connectivity index (χ4v) is 2.61. The molecule has 1 heterocycles. The summed E-state index contributed by atoms with van der Waals surface area (Å²) >= 11 is 0. The molecule has 0 saturated heterocycles. The molecule has 0 atom stereocenters. The number of aromatic nitrogens is 1. The Morgan fingerprint density at radius 3 is 2.24 bits per heavy atom. The normalized spacial score (nSPS) is 11.3. The first-order valence-corrected chi connectivity index (χ1v) is 8.53. The number of oxime groups is 1. The van der Waals surface area contributed by atoms with E-state index in [1.54, 1.807) is 0 Å². The quantitative estimate of drug-likeness (QED) is 0.196. The van der Waals surface area contributed by atoms with Crippen LogP contribution in [0.5, 0.6) is 0 Å². The minimum Gasteiger partial charge on any atom is -0.411 e. The topological polar surface area (TPSA) is 36.5 Å². The van der Waals surface area contributed by atoms with Crippen molar-refractivity contribution in [1.82, 2.24) is 0 Å². The summed E-state index contributed by atoms with van der Waals surface area (Å²) in [7, 11) is 0. The molecule has 0 fully saturated rings. The van der Waals surface area contributed by atoms with Crippen LogP contribution in [0.2, 0.25) is 0 Å². The van der Waals surface area contributed by atoms with Crippen molar-refractivity contribution in [3.63, 3.8) is 0 Å². The van der Waals surface area contributed by atoms with E-state index in [1.165, 1.54) is 70.4 Å². The van der Waals surface area contributed by atoms with E-state index in [9.17, 15) is 0 Å². The molecule has 1 aromatic heterocycles. The van der Waals surface area contributed by atoms with Crippen molar-refractivity contribution < 1.29 is 9.77 Å². The second kappa shape index (κ2) is 12.4. The molecule has 0 amide bonds. The molecule has 1 N–H and O–H groups in total. The van der Waals surface area contributed by atoms with Crippen LogP contribution < -0.4 is 4.57 Å². The minimum absolute atomic E-state index is 0.937. The zero-order chi connectivity index (χ0) is 15.2. The predicted octanol–water partition coefficient (Wildman–Crippen LogP) is 4.70. The van der Waals surface area contributed by atoms with E-state index in [4.69, 9.17) is 5.21 Å². The lowest BCUT2D eigenvalue weighted by molar-refractivity contribution is -0.697. The lowest BCUT2D eigenvalue weighted by Gasteiger charge is -2.01. The summed E-state index contributed by atoms with van der Waals surface area (Å²) in [6, 6.07) is 3.93. The first-order chi connectivity index (χ1) is 10.4. The molecule has 118 valence electrons. The van der Waals surface area contributed by atoms with Crippen LogP contribution in [0.4, 0.5) is 0 Å². The molecule has 21 heavy (non-hydrogen) atoms. The van der Waals surface area contributed by atoms with Gasteiger partial charge in [-0.25, -0.2) is 4.57 Å². The number of unbranched alkanes of at least 4 members (excludes halogenated alkanes) is 9. The van der Waals surface area contributed by atoms with E-state index in [1.807, 2.05) is 18.3 Å². The highest BCUT2D eigenvalue weighted by Gasteiger charge is 2.01. The number of nitrogens with zero attached hydrogens (tertiary/aromatic N) is 2. The fourth-order valence-electron chi connectivity index (χ4n) is 2.61. The van der Waals surface area contributed by atoms with Gasteiger partial charge in [0.2, 0.25) is 0 Å². The summed E-state index contributed by atoms with van der Waals surface area (Å²) in [5, 5.41) is 11.6. The van der Waals surface area contributed by atoms with Crippen molar-refractivity contribution in [2.45, 2.75) is 77.7 Å². The number of rotatable bonds is 12. The molecule has 0 aliphatic rings. The molecule has 0 unspecified atom stereocenters. The zero-order valence-electron chi connectivity index (χ0n) is 13.5. The Morgan fingerprint density at radius 2 is 1.62 bits per heavy atom. The molecule has 0 aromatic carbocycles. The Bertz CT molecular complexity index is 391. The number of hydrogen-bond acceptors (Lipinski definition) is 2. The van der Waals surface area contributed by atoms with Gasteiger partial charge in [-0.15, -0.1) is 0 Å². The van der Waals surface area contributed by atoms with Crippen molar-refractivity contribution in [2.75, 3.05) is 0 Å². The van der Waals surface area contributed by atoms with Gasteiger partial charge in [-0.2, -0.15) is 0 Å². The molecule has 0 radical (unpaired) electrons. The number of hydrogen-bond donors (Lipinski definition) is 1. The lowest BCUT2D eigenvalue weighted by atomic mass is 10.1. The Labute approximate surface area is 129 Å². The monoisotopic (exact) mass is 291 g/mol. The van der Waals surface area contributed by atoms with Gasteiger partial charge in [0, 0.05) is 12.5 Å². The molecule has 1 aromatic rings. The fraction of sp³-hybridized carbons (Fsp3) is 0.667. The standard InChI is InChI=1S/C18H30N2O/c1-2-3-4-5-6-7-8-9-10-11-14-20-15-12-13-18(17-20)16-19-21/h12-13,15-17H,2-11,14H2,1H3/p+1. The molecule has 3 heteroatoms. The second-order valence-corrected chi connectivity index (χ2v) is 5.80. The first kappa shape index (κ1) is 17.7. The molecular weight excluding hydrogens is 260 g/mol. The molecule has 1 rings (SSSR count). The van der Waals surface area contributed by atoms with E-state index >= 15 is 0 Å². The number of aryl methyl sites for hydroxylation is 1. The van der Waals surface area contributed by atoms with Crippen molar-refractivity contribution in [2.24, 2.45) is 5.16 Å². The van der Waals surface area contributed by atoms with Crippen LogP contribution in [0.3, 0.4) is 0 Å². The van der Waals surface area contributed by atoms with Gasteiger partial charge in [0.25, 0.3) is 0 Å². The summed E-state index contributed by atoms with van der Waals surface area (Å²) in [5.41, 5.74) is 0.937. The SMILES string of the molecule is CCCCCCCCCCCC[n+]1cccc(C=NO)c1. The molecular formula is C18H31N2O+. The van der Waals surface area contributed by atoms with Crippen LogP contribution in [0, 0.1) is 0 Å². The first-order valence-electron chi connectivity index (χ1n) is 8.53. The molecule has 3 nitrogen and oxygen atoms in total. The third-order valence-corrected chi connectivity index (χ3v) is 3.86. The third kappa shape index (κ3) is 9.22. The summed E-state index contributed by atoms with van der Waals surface area (Å²) in [5.74, 6) is 0. The van der Waals surface area contributed by atoms with Gasteiger partial charge in [0.1, 0.15) is 6.54 Å². The average Bonchev–Trinajstić information content (AvgIpc) is 2.50. The zero-order valence-corrected chi connectivity index (χ0v) is 13.5. The van der Waals surface area contributed by atoms with Crippen LogP contribution in [0.15, 0.2) is 29.7 Å². The smallest absolute Gasteiger partial charge is 0.177 e. The van der Waals surface area contributed by atoms with Gasteiger partial charge in [-0.3, -0.25) is 0 Å². The summed E-state index contributed by atoms with van der Waals surface area (Å²) in [6.45, 7) is 3.31. The highest BCUT2D eigenvalue weighted by atomic mass is 16.4. The maximum atomic E-state index is 8.54. The van der Waals surface area contributed by atoms with Gasteiger partial charge >= 0.3 is 0 Å². The Hall–Kier alpha value is -1.38. The van der Waals surface area contributed by atoms with E-state index < -0.39 is 0 Å². The highest BCUT2D eigenvalue weighted by molar-refractivity contribution is 5.77. The van der Waals surface area contributed by atoms with Gasteiger partial charge in [0.15, 0.2) is 12.4 Å². The maximum Gasteiger partial charge on any atom is 0.177 e. The molecule has 0 saturated carbocycles. The molecule has 0 spiro atoms. The van der Waals surface area contributed by atoms with Crippen molar-refractivity contribution in [1.29, 1.82) is 0 Å². The van der Waals surface area contributed by atoms with Crippen molar-refractivity contribution >= 4 is 6.21 Å². The van der Waals surface area contributed by atoms with E-state index in [0.717, 1.165) is 12.1 Å². The van der Waals surface area contributed by atoms with Crippen LogP contribution in [-0.2, 0) is 6.54 Å². The Balaban J connectivity index is 2.00. The minimum atomic E-state index is 0.937. The van der Waals surface area contributed by atoms with E-state index in [0.29, 0.717) is 0 Å². The summed E-state index contributed by atoms with van der Waals surface area (Å²) in [6.07, 6.45) is 19.2. The van der Waals surface area contributed by atoms with Crippen molar-refractivity contribution in [3.8, 4) is 0 Å². The van der Waals surface area contributed by atoms with Crippen LogP contribution in [-0.4, -0.2) is 11.4 Å². The Morgan fingerprint density at radius 1 is 1.00 bits per heavy atom. The van der Waals surface area contributed by atoms with Crippen LogP contribution >= 0.6 is 0 Å². The highest BCUT2D eigenvalue weighted by Crippen LogP contribution is 2.10. The predicted molar refractivity (Wildman–Crippen MR) is 87.9 cm³/mol. The lowest BCUT2D eigenvalue weighted by Crippen LogP contribution is -2.33. The third-order valence-electron chi connectivity index (χ3n) is 3.86. The van der Waals surface area contributed by atoms with Gasteiger partial charge < -0.3 is 5.21 Å². The largest absolute Gasteiger partial charge is 0.411 e. The van der Waals surface area contributed by atoms with Crippen LogP contribution in [0.1, 0.15) is 76.7 Å². The van der Waals surface area contributed by atoms with Crippen molar-refractivity contribution in [3.05, 3.63) is 30.1 Å².